The Morgan fingerprint density at radius 3 is 3.13 bits per heavy atom. The summed E-state index contributed by atoms with van der Waals surface area (Å²) in [5, 5.41) is 4.17. The van der Waals surface area contributed by atoms with Gasteiger partial charge in [0.25, 0.3) is 5.91 Å². The normalized spacial score (nSPS) is 22.6. The molecule has 1 aliphatic carbocycles. The largest absolute Gasteiger partial charge is 0.348 e. The molecule has 4 nitrogen and oxygen atoms in total. The van der Waals surface area contributed by atoms with Crippen molar-refractivity contribution in [3.8, 4) is 0 Å². The number of benzene rings is 1. The molecule has 2 heterocycles. The van der Waals surface area contributed by atoms with E-state index in [2.05, 4.69) is 34.5 Å². The van der Waals surface area contributed by atoms with Gasteiger partial charge in [0, 0.05) is 36.5 Å². The highest BCUT2D eigenvalue weighted by atomic mass is 32.2. The minimum absolute atomic E-state index is 0.0334. The SMILES string of the molecule is O=C(NC1=CCC=CC1)c1cccc(C2CN3CCSC3=N2)c1. The van der Waals surface area contributed by atoms with Crippen LogP contribution < -0.4 is 5.32 Å². The van der Waals surface area contributed by atoms with E-state index in [4.69, 9.17) is 4.99 Å². The lowest BCUT2D eigenvalue weighted by Crippen LogP contribution is -2.24. The second-order valence-electron chi connectivity index (χ2n) is 5.94. The van der Waals surface area contributed by atoms with Crippen molar-refractivity contribution < 1.29 is 4.79 Å². The summed E-state index contributed by atoms with van der Waals surface area (Å²) < 4.78 is 0. The van der Waals surface area contributed by atoms with Gasteiger partial charge in [-0.3, -0.25) is 9.79 Å². The second-order valence-corrected chi connectivity index (χ2v) is 7.00. The maximum Gasteiger partial charge on any atom is 0.255 e. The van der Waals surface area contributed by atoms with Crippen molar-refractivity contribution in [2.75, 3.05) is 18.8 Å². The van der Waals surface area contributed by atoms with Crippen LogP contribution in [0.5, 0.6) is 0 Å². The molecule has 1 aromatic rings. The molecule has 1 amide bonds. The van der Waals surface area contributed by atoms with Crippen LogP contribution in [0.3, 0.4) is 0 Å². The molecule has 3 aliphatic rings. The number of nitrogens with zero attached hydrogens (tertiary/aromatic N) is 2. The third-order valence-electron chi connectivity index (χ3n) is 4.33. The number of hydrogen-bond acceptors (Lipinski definition) is 4. The third kappa shape index (κ3) is 3.06. The molecule has 2 aliphatic heterocycles. The van der Waals surface area contributed by atoms with Gasteiger partial charge in [0.1, 0.15) is 0 Å². The highest BCUT2D eigenvalue weighted by Crippen LogP contribution is 2.32. The first kappa shape index (κ1) is 14.6. The summed E-state index contributed by atoms with van der Waals surface area (Å²) in [4.78, 5) is 19.6. The van der Waals surface area contributed by atoms with E-state index in [0.29, 0.717) is 5.56 Å². The Labute approximate surface area is 140 Å². The van der Waals surface area contributed by atoms with Crippen molar-refractivity contribution in [1.29, 1.82) is 0 Å². The zero-order valence-electron chi connectivity index (χ0n) is 12.9. The molecule has 0 radical (unpaired) electrons. The summed E-state index contributed by atoms with van der Waals surface area (Å²) in [6.45, 7) is 2.02. The van der Waals surface area contributed by atoms with E-state index >= 15 is 0 Å². The molecule has 4 rings (SSSR count). The predicted molar refractivity (Wildman–Crippen MR) is 94.6 cm³/mol. The number of carbonyl (C=O) groups is 1. The Morgan fingerprint density at radius 1 is 1.35 bits per heavy atom. The second kappa shape index (κ2) is 6.24. The smallest absolute Gasteiger partial charge is 0.255 e. The quantitative estimate of drug-likeness (QED) is 0.869. The van der Waals surface area contributed by atoms with Gasteiger partial charge in [-0.15, -0.1) is 0 Å². The van der Waals surface area contributed by atoms with E-state index in [9.17, 15) is 4.79 Å². The summed E-state index contributed by atoms with van der Waals surface area (Å²) >= 11 is 1.83. The Morgan fingerprint density at radius 2 is 2.30 bits per heavy atom. The fourth-order valence-electron chi connectivity index (χ4n) is 3.09. The first-order valence-electron chi connectivity index (χ1n) is 8.00. The van der Waals surface area contributed by atoms with E-state index in [0.717, 1.165) is 48.1 Å². The summed E-state index contributed by atoms with van der Waals surface area (Å²) in [6.07, 6.45) is 7.96. The van der Waals surface area contributed by atoms with E-state index < -0.39 is 0 Å². The molecular weight excluding hydrogens is 306 g/mol. The van der Waals surface area contributed by atoms with E-state index in [-0.39, 0.29) is 11.9 Å². The monoisotopic (exact) mass is 325 g/mol. The fraction of sp³-hybridized carbons (Fsp3) is 0.333. The summed E-state index contributed by atoms with van der Waals surface area (Å²) in [5.74, 6) is 1.10. The first-order chi connectivity index (χ1) is 11.3. The number of carbonyl (C=O) groups excluding carboxylic acids is 1. The van der Waals surface area contributed by atoms with Crippen LogP contribution in [0.1, 0.15) is 34.8 Å². The molecule has 23 heavy (non-hydrogen) atoms. The van der Waals surface area contributed by atoms with E-state index in [1.54, 1.807) is 0 Å². The number of nitrogens with one attached hydrogen (secondary N) is 1. The molecule has 118 valence electrons. The molecule has 1 fully saturated rings. The maximum absolute atomic E-state index is 12.4. The molecule has 5 heteroatoms. The Hall–Kier alpha value is -2.01. The van der Waals surface area contributed by atoms with Gasteiger partial charge in [-0.1, -0.05) is 42.1 Å². The molecule has 1 aromatic carbocycles. The van der Waals surface area contributed by atoms with Gasteiger partial charge in [0.15, 0.2) is 5.17 Å². The number of amidine groups is 1. The van der Waals surface area contributed by atoms with Crippen LogP contribution in [-0.2, 0) is 0 Å². The number of thioether (sulfide) groups is 1. The summed E-state index contributed by atoms with van der Waals surface area (Å²) in [7, 11) is 0. The molecule has 0 spiro atoms. The molecule has 1 atom stereocenters. The minimum atomic E-state index is -0.0334. The van der Waals surface area contributed by atoms with Crippen LogP contribution in [0.15, 0.2) is 53.2 Å². The molecular formula is C18H19N3OS. The van der Waals surface area contributed by atoms with Gasteiger partial charge >= 0.3 is 0 Å². The van der Waals surface area contributed by atoms with Crippen LogP contribution in [0.4, 0.5) is 0 Å². The fourth-order valence-corrected chi connectivity index (χ4v) is 4.14. The van der Waals surface area contributed by atoms with Crippen LogP contribution in [0, 0.1) is 0 Å². The minimum Gasteiger partial charge on any atom is -0.348 e. The van der Waals surface area contributed by atoms with Gasteiger partial charge in [-0.25, -0.2) is 0 Å². The van der Waals surface area contributed by atoms with Crippen molar-refractivity contribution in [3.63, 3.8) is 0 Å². The highest BCUT2D eigenvalue weighted by molar-refractivity contribution is 8.14. The Kier molecular flexibility index (Phi) is 3.95. The number of hydrogen-bond donors (Lipinski definition) is 1. The van der Waals surface area contributed by atoms with E-state index in [1.165, 1.54) is 0 Å². The number of allylic oxidation sites excluding steroid dienone is 3. The summed E-state index contributed by atoms with van der Waals surface area (Å²) in [6, 6.07) is 8.03. The van der Waals surface area contributed by atoms with Gasteiger partial charge in [0.05, 0.1) is 6.04 Å². The predicted octanol–water partition coefficient (Wildman–Crippen LogP) is 3.11. The average molecular weight is 325 g/mol. The van der Waals surface area contributed by atoms with Crippen molar-refractivity contribution in [2.45, 2.75) is 18.9 Å². The third-order valence-corrected chi connectivity index (χ3v) is 5.34. The molecule has 0 bridgehead atoms. The standard InChI is InChI=1S/C18H19N3OS/c22-17(19-15-7-2-1-3-8-15)14-6-4-5-13(11-14)16-12-21-9-10-23-18(21)20-16/h1-2,4-6,8,11,16H,3,7,9-10,12H2,(H,19,22). The van der Waals surface area contributed by atoms with Crippen molar-refractivity contribution >= 4 is 22.8 Å². The Bertz CT molecular complexity index is 723. The van der Waals surface area contributed by atoms with Gasteiger partial charge < -0.3 is 10.2 Å². The zero-order chi connectivity index (χ0) is 15.6. The lowest BCUT2D eigenvalue weighted by Gasteiger charge is -2.14. The molecule has 0 aromatic heterocycles. The summed E-state index contributed by atoms with van der Waals surface area (Å²) in [5.41, 5.74) is 2.82. The average Bonchev–Trinajstić information content (AvgIpc) is 3.17. The van der Waals surface area contributed by atoms with Crippen LogP contribution in [-0.4, -0.2) is 34.8 Å². The molecule has 0 saturated carbocycles. The maximum atomic E-state index is 12.4. The molecule has 1 saturated heterocycles. The number of rotatable bonds is 3. The molecule has 1 unspecified atom stereocenters. The zero-order valence-corrected chi connectivity index (χ0v) is 13.7. The van der Waals surface area contributed by atoms with Crippen molar-refractivity contribution in [1.82, 2.24) is 10.2 Å². The topological polar surface area (TPSA) is 44.7 Å². The first-order valence-corrected chi connectivity index (χ1v) is 8.99. The van der Waals surface area contributed by atoms with Crippen LogP contribution in [0.2, 0.25) is 0 Å². The van der Waals surface area contributed by atoms with Crippen LogP contribution in [0.25, 0.3) is 0 Å². The number of amides is 1. The lowest BCUT2D eigenvalue weighted by molar-refractivity contribution is 0.0965. The van der Waals surface area contributed by atoms with Crippen LogP contribution >= 0.6 is 11.8 Å². The van der Waals surface area contributed by atoms with Crippen molar-refractivity contribution in [3.05, 3.63) is 59.3 Å². The lowest BCUT2D eigenvalue weighted by atomic mass is 10.0. The van der Waals surface area contributed by atoms with Crippen molar-refractivity contribution in [2.24, 2.45) is 4.99 Å². The van der Waals surface area contributed by atoms with Gasteiger partial charge in [-0.05, 0) is 24.1 Å². The number of aliphatic imine (C=N–C) groups is 1. The number of fused-ring (bicyclic) bond motifs is 1. The Balaban J connectivity index is 1.49. The van der Waals surface area contributed by atoms with Gasteiger partial charge in [0.2, 0.25) is 0 Å². The van der Waals surface area contributed by atoms with E-state index in [1.807, 2.05) is 30.0 Å². The van der Waals surface area contributed by atoms with Gasteiger partial charge in [-0.2, -0.15) is 0 Å². The molecule has 1 N–H and O–H groups in total. The highest BCUT2D eigenvalue weighted by Gasteiger charge is 2.30.